The fraction of sp³-hybridized carbons (Fsp3) is 0.429. The Balaban J connectivity index is 2.43. The number of guanidine groups is 1. The van der Waals surface area contributed by atoms with Crippen molar-refractivity contribution in [1.29, 1.82) is 0 Å². The van der Waals surface area contributed by atoms with E-state index in [9.17, 15) is 5.11 Å². The first kappa shape index (κ1) is 10.3. The van der Waals surface area contributed by atoms with Gasteiger partial charge < -0.3 is 27.3 Å². The summed E-state index contributed by atoms with van der Waals surface area (Å²) in [6.07, 6.45) is 1.22. The third-order valence-electron chi connectivity index (χ3n) is 1.67. The monoisotopic (exact) mass is 198 g/mol. The minimum atomic E-state index is -0.678. The number of aromatic amines is 1. The molecule has 0 aliphatic rings. The molecular formula is C7H14N6O. The predicted octanol–water partition coefficient (Wildman–Crippen LogP) is -1.31. The van der Waals surface area contributed by atoms with Gasteiger partial charge in [0.15, 0.2) is 11.9 Å². The summed E-state index contributed by atoms with van der Waals surface area (Å²) in [5, 5.41) is 9.57. The van der Waals surface area contributed by atoms with Crippen molar-refractivity contribution in [3.63, 3.8) is 0 Å². The summed E-state index contributed by atoms with van der Waals surface area (Å²) in [5.41, 5.74) is 16.2. The normalized spacial score (nSPS) is 12.4. The van der Waals surface area contributed by atoms with Gasteiger partial charge in [0.25, 0.3) is 0 Å². The summed E-state index contributed by atoms with van der Waals surface area (Å²) in [6, 6.07) is 0. The van der Waals surface area contributed by atoms with Crippen LogP contribution in [-0.2, 0) is 0 Å². The van der Waals surface area contributed by atoms with Crippen LogP contribution in [0.2, 0.25) is 0 Å². The highest BCUT2D eigenvalue weighted by atomic mass is 16.3. The Morgan fingerprint density at radius 2 is 2.36 bits per heavy atom. The van der Waals surface area contributed by atoms with Gasteiger partial charge in [-0.2, -0.15) is 0 Å². The predicted molar refractivity (Wildman–Crippen MR) is 53.3 cm³/mol. The van der Waals surface area contributed by atoms with Crippen LogP contribution in [0.3, 0.4) is 0 Å². The number of aliphatic hydroxyl groups is 1. The van der Waals surface area contributed by atoms with Crippen LogP contribution in [0.4, 0.5) is 5.95 Å². The second kappa shape index (κ2) is 4.47. The minimum absolute atomic E-state index is 0.0151. The van der Waals surface area contributed by atoms with Crippen LogP contribution < -0.4 is 17.2 Å². The molecule has 1 aromatic rings. The Kier molecular flexibility index (Phi) is 3.29. The lowest BCUT2D eigenvalue weighted by Gasteiger charge is -2.05. The molecule has 1 aromatic heterocycles. The summed E-state index contributed by atoms with van der Waals surface area (Å²) in [5.74, 6) is 0.294. The summed E-state index contributed by atoms with van der Waals surface area (Å²) in [6.45, 7) is 0.364. The molecular weight excluding hydrogens is 184 g/mol. The lowest BCUT2D eigenvalue weighted by Crippen LogP contribution is -2.23. The summed E-state index contributed by atoms with van der Waals surface area (Å²) >= 11 is 0. The van der Waals surface area contributed by atoms with Gasteiger partial charge in [-0.1, -0.05) is 0 Å². The van der Waals surface area contributed by atoms with Crippen LogP contribution in [0.25, 0.3) is 0 Å². The number of aliphatic hydroxyl groups excluding tert-OH is 1. The molecule has 0 aromatic carbocycles. The topological polar surface area (TPSA) is 139 Å². The van der Waals surface area contributed by atoms with Gasteiger partial charge in [0.2, 0.25) is 0 Å². The minimum Gasteiger partial charge on any atom is -0.387 e. The lowest BCUT2D eigenvalue weighted by atomic mass is 10.2. The molecule has 14 heavy (non-hydrogen) atoms. The van der Waals surface area contributed by atoms with Crippen LogP contribution in [0.5, 0.6) is 0 Å². The molecule has 0 radical (unpaired) electrons. The Hall–Kier alpha value is -1.76. The first-order chi connectivity index (χ1) is 6.59. The van der Waals surface area contributed by atoms with E-state index in [2.05, 4.69) is 15.0 Å². The molecule has 0 aliphatic heterocycles. The molecule has 7 nitrogen and oxygen atoms in total. The van der Waals surface area contributed by atoms with Crippen molar-refractivity contribution < 1.29 is 5.11 Å². The number of rotatable bonds is 4. The molecule has 1 unspecified atom stereocenters. The van der Waals surface area contributed by atoms with E-state index >= 15 is 0 Å². The number of aliphatic imine (C=N–C) groups is 1. The van der Waals surface area contributed by atoms with E-state index < -0.39 is 6.10 Å². The van der Waals surface area contributed by atoms with Crippen LogP contribution in [0, 0.1) is 0 Å². The third kappa shape index (κ3) is 2.94. The first-order valence-electron chi connectivity index (χ1n) is 4.13. The molecule has 1 atom stereocenters. The van der Waals surface area contributed by atoms with Crippen molar-refractivity contribution in [2.75, 3.05) is 12.3 Å². The number of imidazole rings is 1. The summed E-state index contributed by atoms with van der Waals surface area (Å²) in [4.78, 5) is 10.2. The van der Waals surface area contributed by atoms with Gasteiger partial charge in [-0.3, -0.25) is 4.99 Å². The van der Waals surface area contributed by atoms with Gasteiger partial charge in [0.05, 0.1) is 18.0 Å². The van der Waals surface area contributed by atoms with E-state index in [0.29, 0.717) is 18.7 Å². The van der Waals surface area contributed by atoms with E-state index in [4.69, 9.17) is 17.2 Å². The maximum atomic E-state index is 9.57. The van der Waals surface area contributed by atoms with Crippen molar-refractivity contribution in [2.24, 2.45) is 16.5 Å². The van der Waals surface area contributed by atoms with E-state index in [1.165, 1.54) is 6.20 Å². The van der Waals surface area contributed by atoms with E-state index in [0.717, 1.165) is 0 Å². The molecule has 1 rings (SSSR count). The SMILES string of the molecule is NC(N)=NCCC(O)c1cnc(N)[nH]1. The number of nitrogens with zero attached hydrogens (tertiary/aromatic N) is 2. The van der Waals surface area contributed by atoms with Gasteiger partial charge in [0, 0.05) is 6.54 Å². The number of hydrogen-bond donors (Lipinski definition) is 5. The molecule has 0 saturated heterocycles. The van der Waals surface area contributed by atoms with Crippen LogP contribution >= 0.6 is 0 Å². The second-order valence-electron chi connectivity index (χ2n) is 2.83. The Labute approximate surface area is 81.0 Å². The lowest BCUT2D eigenvalue weighted by molar-refractivity contribution is 0.166. The molecule has 0 fully saturated rings. The van der Waals surface area contributed by atoms with Crippen molar-refractivity contribution in [3.8, 4) is 0 Å². The molecule has 0 spiro atoms. The van der Waals surface area contributed by atoms with E-state index in [-0.39, 0.29) is 11.9 Å². The van der Waals surface area contributed by atoms with Crippen molar-refractivity contribution in [1.82, 2.24) is 9.97 Å². The average Bonchev–Trinajstić information content (AvgIpc) is 2.51. The average molecular weight is 198 g/mol. The number of nitrogen functional groups attached to an aromatic ring is 1. The smallest absolute Gasteiger partial charge is 0.197 e. The van der Waals surface area contributed by atoms with Gasteiger partial charge in [0.1, 0.15) is 0 Å². The Morgan fingerprint density at radius 3 is 2.86 bits per heavy atom. The third-order valence-corrected chi connectivity index (χ3v) is 1.67. The summed E-state index contributed by atoms with van der Waals surface area (Å²) < 4.78 is 0. The number of nitrogens with one attached hydrogen (secondary N) is 1. The molecule has 0 bridgehead atoms. The van der Waals surface area contributed by atoms with Crippen LogP contribution in [0.15, 0.2) is 11.2 Å². The largest absolute Gasteiger partial charge is 0.387 e. The van der Waals surface area contributed by atoms with Gasteiger partial charge >= 0.3 is 0 Å². The van der Waals surface area contributed by atoms with Crippen molar-refractivity contribution in [3.05, 3.63) is 11.9 Å². The van der Waals surface area contributed by atoms with Crippen LogP contribution in [0.1, 0.15) is 18.2 Å². The number of anilines is 1. The number of hydrogen-bond acceptors (Lipinski definition) is 4. The molecule has 0 saturated carbocycles. The van der Waals surface area contributed by atoms with Gasteiger partial charge in [-0.05, 0) is 6.42 Å². The molecule has 78 valence electrons. The maximum absolute atomic E-state index is 9.57. The quantitative estimate of drug-likeness (QED) is 0.302. The number of aromatic nitrogens is 2. The fourth-order valence-electron chi connectivity index (χ4n) is 0.992. The van der Waals surface area contributed by atoms with Gasteiger partial charge in [-0.15, -0.1) is 0 Å². The number of nitrogens with two attached hydrogens (primary N) is 3. The highest BCUT2D eigenvalue weighted by Crippen LogP contribution is 2.14. The summed E-state index contributed by atoms with van der Waals surface area (Å²) in [7, 11) is 0. The van der Waals surface area contributed by atoms with Crippen molar-refractivity contribution >= 4 is 11.9 Å². The molecule has 7 heteroatoms. The molecule has 0 aliphatic carbocycles. The highest BCUT2D eigenvalue weighted by Gasteiger charge is 2.09. The Bertz CT molecular complexity index is 316. The van der Waals surface area contributed by atoms with E-state index in [1.54, 1.807) is 0 Å². The fourth-order valence-corrected chi connectivity index (χ4v) is 0.992. The first-order valence-corrected chi connectivity index (χ1v) is 4.13. The van der Waals surface area contributed by atoms with Crippen LogP contribution in [-0.4, -0.2) is 27.6 Å². The zero-order chi connectivity index (χ0) is 10.6. The van der Waals surface area contributed by atoms with E-state index in [1.807, 2.05) is 0 Å². The van der Waals surface area contributed by atoms with Gasteiger partial charge in [-0.25, -0.2) is 4.98 Å². The molecule has 8 N–H and O–H groups in total. The second-order valence-corrected chi connectivity index (χ2v) is 2.83. The Morgan fingerprint density at radius 1 is 1.64 bits per heavy atom. The highest BCUT2D eigenvalue weighted by molar-refractivity contribution is 5.75. The standard InChI is InChI=1S/C7H14N6O/c8-6(9)11-2-1-5(14)4-3-12-7(10)13-4/h3,5,14H,1-2H2,(H4,8,9,11)(H3,10,12,13). The molecule has 1 heterocycles. The van der Waals surface area contributed by atoms with Crippen molar-refractivity contribution in [2.45, 2.75) is 12.5 Å². The number of H-pyrrole nitrogens is 1. The maximum Gasteiger partial charge on any atom is 0.197 e. The zero-order valence-electron chi connectivity index (χ0n) is 7.64. The molecule has 0 amide bonds. The zero-order valence-corrected chi connectivity index (χ0v) is 7.64.